The normalized spacial score (nSPS) is 15.9. The molecule has 4 rings (SSSR count). The number of fused-ring (bicyclic) bond motifs is 1. The van der Waals surface area contributed by atoms with Crippen molar-refractivity contribution in [1.29, 1.82) is 0 Å². The van der Waals surface area contributed by atoms with Crippen molar-refractivity contribution < 1.29 is 14.4 Å². The van der Waals surface area contributed by atoms with E-state index in [0.29, 0.717) is 22.8 Å². The van der Waals surface area contributed by atoms with E-state index in [9.17, 15) is 14.4 Å². The molecule has 184 valence electrons. The molecule has 1 aliphatic heterocycles. The Hall–Kier alpha value is -3.97. The molecule has 0 aliphatic carbocycles. The van der Waals surface area contributed by atoms with E-state index in [0.717, 1.165) is 16.7 Å². The van der Waals surface area contributed by atoms with E-state index >= 15 is 0 Å². The van der Waals surface area contributed by atoms with Gasteiger partial charge in [-0.15, -0.1) is 0 Å². The van der Waals surface area contributed by atoms with Crippen LogP contribution in [0.4, 0.5) is 5.69 Å². The molecule has 1 unspecified atom stereocenters. The van der Waals surface area contributed by atoms with Crippen LogP contribution >= 0.6 is 11.6 Å². The SMILES string of the molecule is CC(NC(=O)CCc1ccccc1Cl)C(=O)N[C@H]1N=C(c2ccccc2)c2ccccc2N(C)C1=O. The highest BCUT2D eigenvalue weighted by Gasteiger charge is 2.32. The molecule has 0 bridgehead atoms. The number of anilines is 1. The molecule has 0 saturated carbocycles. The zero-order valence-corrected chi connectivity index (χ0v) is 20.8. The Balaban J connectivity index is 1.49. The van der Waals surface area contributed by atoms with Gasteiger partial charge >= 0.3 is 0 Å². The Bertz CT molecular complexity index is 1310. The number of carbonyl (C=O) groups is 3. The highest BCUT2D eigenvalue weighted by molar-refractivity contribution is 6.31. The number of amides is 3. The van der Waals surface area contributed by atoms with Gasteiger partial charge < -0.3 is 15.5 Å². The van der Waals surface area contributed by atoms with Gasteiger partial charge in [0.2, 0.25) is 18.0 Å². The van der Waals surface area contributed by atoms with Crippen LogP contribution in [-0.4, -0.2) is 42.7 Å². The topological polar surface area (TPSA) is 90.9 Å². The van der Waals surface area contributed by atoms with Crippen molar-refractivity contribution in [2.75, 3.05) is 11.9 Å². The minimum absolute atomic E-state index is 0.179. The minimum atomic E-state index is -1.15. The second-order valence-corrected chi connectivity index (χ2v) is 8.96. The number of nitrogens with one attached hydrogen (secondary N) is 2. The molecule has 2 N–H and O–H groups in total. The lowest BCUT2D eigenvalue weighted by Crippen LogP contribution is -2.52. The second kappa shape index (κ2) is 11.2. The van der Waals surface area contributed by atoms with Crippen molar-refractivity contribution >= 4 is 40.7 Å². The van der Waals surface area contributed by atoms with Crippen LogP contribution in [0.5, 0.6) is 0 Å². The van der Waals surface area contributed by atoms with Crippen LogP contribution in [0.1, 0.15) is 30.0 Å². The van der Waals surface area contributed by atoms with Gasteiger partial charge in [0.25, 0.3) is 5.91 Å². The predicted octanol–water partition coefficient (Wildman–Crippen LogP) is 3.73. The van der Waals surface area contributed by atoms with E-state index in [1.165, 1.54) is 4.90 Å². The number of likely N-dealkylation sites (N-methyl/N-ethyl adjacent to an activating group) is 1. The van der Waals surface area contributed by atoms with Crippen LogP contribution in [0, 0.1) is 0 Å². The molecule has 1 aliphatic rings. The number of para-hydroxylation sites is 1. The maximum atomic E-state index is 13.3. The number of benzodiazepines with no additional fused rings is 1. The number of hydrogen-bond acceptors (Lipinski definition) is 4. The van der Waals surface area contributed by atoms with E-state index in [2.05, 4.69) is 15.6 Å². The zero-order valence-electron chi connectivity index (χ0n) is 20.1. The average molecular weight is 503 g/mol. The van der Waals surface area contributed by atoms with Gasteiger partial charge in [-0.25, -0.2) is 4.99 Å². The summed E-state index contributed by atoms with van der Waals surface area (Å²) in [6.07, 6.45) is -0.514. The quantitative estimate of drug-likeness (QED) is 0.515. The average Bonchev–Trinajstić information content (AvgIpc) is 2.99. The smallest absolute Gasteiger partial charge is 0.272 e. The predicted molar refractivity (Wildman–Crippen MR) is 141 cm³/mol. The third kappa shape index (κ3) is 5.63. The van der Waals surface area contributed by atoms with Gasteiger partial charge in [0.05, 0.1) is 11.4 Å². The fourth-order valence-electron chi connectivity index (χ4n) is 4.03. The van der Waals surface area contributed by atoms with Gasteiger partial charge in [0.15, 0.2) is 0 Å². The summed E-state index contributed by atoms with van der Waals surface area (Å²) in [4.78, 5) is 44.8. The summed E-state index contributed by atoms with van der Waals surface area (Å²) >= 11 is 6.16. The van der Waals surface area contributed by atoms with Gasteiger partial charge in [-0.1, -0.05) is 78.3 Å². The molecule has 3 aromatic carbocycles. The molecule has 0 spiro atoms. The number of aryl methyl sites for hydroxylation is 1. The summed E-state index contributed by atoms with van der Waals surface area (Å²) in [5, 5.41) is 6.00. The summed E-state index contributed by atoms with van der Waals surface area (Å²) in [7, 11) is 1.66. The third-order valence-corrected chi connectivity index (χ3v) is 6.39. The number of hydrogen-bond donors (Lipinski definition) is 2. The summed E-state index contributed by atoms with van der Waals surface area (Å²) in [5.41, 5.74) is 3.78. The lowest BCUT2D eigenvalue weighted by molar-refractivity contribution is -0.130. The highest BCUT2D eigenvalue weighted by Crippen LogP contribution is 2.27. The molecule has 36 heavy (non-hydrogen) atoms. The Labute approximate surface area is 215 Å². The van der Waals surface area contributed by atoms with Crippen molar-refractivity contribution in [3.8, 4) is 0 Å². The second-order valence-electron chi connectivity index (χ2n) is 8.55. The Kier molecular flexibility index (Phi) is 7.80. The van der Waals surface area contributed by atoms with Gasteiger partial charge in [-0.05, 0) is 31.0 Å². The number of nitrogens with zero attached hydrogens (tertiary/aromatic N) is 2. The molecule has 3 amide bonds. The maximum absolute atomic E-state index is 13.3. The van der Waals surface area contributed by atoms with Crippen LogP contribution in [0.2, 0.25) is 5.02 Å². The molecule has 2 atom stereocenters. The van der Waals surface area contributed by atoms with Crippen LogP contribution in [0.25, 0.3) is 0 Å². The molecule has 7 nitrogen and oxygen atoms in total. The molecule has 3 aromatic rings. The summed E-state index contributed by atoms with van der Waals surface area (Å²) < 4.78 is 0. The van der Waals surface area contributed by atoms with Gasteiger partial charge in [0, 0.05) is 29.6 Å². The first-order valence-corrected chi connectivity index (χ1v) is 12.1. The molecule has 0 saturated heterocycles. The molecule has 1 heterocycles. The first-order valence-electron chi connectivity index (χ1n) is 11.7. The fraction of sp³-hybridized carbons (Fsp3) is 0.214. The summed E-state index contributed by atoms with van der Waals surface area (Å²) in [6, 6.07) is 23.4. The first-order chi connectivity index (χ1) is 17.3. The van der Waals surface area contributed by atoms with E-state index in [1.807, 2.05) is 72.8 Å². The van der Waals surface area contributed by atoms with Crippen LogP contribution in [0.3, 0.4) is 0 Å². The molecule has 8 heteroatoms. The van der Waals surface area contributed by atoms with E-state index < -0.39 is 18.1 Å². The Morgan fingerprint density at radius 3 is 2.42 bits per heavy atom. The summed E-state index contributed by atoms with van der Waals surface area (Å²) in [5.74, 6) is -1.17. The van der Waals surface area contributed by atoms with Crippen molar-refractivity contribution in [2.45, 2.75) is 32.0 Å². The van der Waals surface area contributed by atoms with Gasteiger partial charge in [-0.2, -0.15) is 0 Å². The van der Waals surface area contributed by atoms with Crippen LogP contribution in [0.15, 0.2) is 83.9 Å². The van der Waals surface area contributed by atoms with Gasteiger partial charge in [0.1, 0.15) is 6.04 Å². The highest BCUT2D eigenvalue weighted by atomic mass is 35.5. The fourth-order valence-corrected chi connectivity index (χ4v) is 4.26. The summed E-state index contributed by atoms with van der Waals surface area (Å²) in [6.45, 7) is 1.57. The maximum Gasteiger partial charge on any atom is 0.272 e. The first kappa shape index (κ1) is 25.1. The standard InChI is InChI=1S/C28H27ClN4O3/c1-18(30-24(34)17-16-19-10-6-8-14-22(19)29)27(35)32-26-28(36)33(2)23-15-9-7-13-21(23)25(31-26)20-11-4-3-5-12-20/h3-15,18,26H,16-17H2,1-2H3,(H,30,34)(H,32,35)/t18?,26-/m1/s1. The lowest BCUT2D eigenvalue weighted by atomic mass is 10.0. The molecular weight excluding hydrogens is 476 g/mol. The van der Waals surface area contributed by atoms with E-state index in [1.54, 1.807) is 20.0 Å². The van der Waals surface area contributed by atoms with Crippen molar-refractivity contribution in [3.63, 3.8) is 0 Å². The van der Waals surface area contributed by atoms with Crippen LogP contribution < -0.4 is 15.5 Å². The third-order valence-electron chi connectivity index (χ3n) is 6.02. The molecular formula is C28H27ClN4O3. The van der Waals surface area contributed by atoms with Crippen LogP contribution in [-0.2, 0) is 20.8 Å². The Morgan fingerprint density at radius 1 is 1.00 bits per heavy atom. The molecule has 0 aromatic heterocycles. The van der Waals surface area contributed by atoms with Gasteiger partial charge in [-0.3, -0.25) is 14.4 Å². The zero-order chi connectivity index (χ0) is 25.7. The molecule has 0 fully saturated rings. The van der Waals surface area contributed by atoms with Crippen molar-refractivity contribution in [3.05, 3.63) is 101 Å². The van der Waals surface area contributed by atoms with E-state index in [4.69, 9.17) is 11.6 Å². The lowest BCUT2D eigenvalue weighted by Gasteiger charge is -2.22. The number of rotatable bonds is 7. The van der Waals surface area contributed by atoms with Crippen molar-refractivity contribution in [2.24, 2.45) is 4.99 Å². The number of carbonyl (C=O) groups excluding carboxylic acids is 3. The Morgan fingerprint density at radius 2 is 1.67 bits per heavy atom. The number of benzene rings is 3. The van der Waals surface area contributed by atoms with E-state index in [-0.39, 0.29) is 18.2 Å². The monoisotopic (exact) mass is 502 g/mol. The number of aliphatic imine (C=N–C) groups is 1. The minimum Gasteiger partial charge on any atom is -0.345 e. The largest absolute Gasteiger partial charge is 0.345 e. The molecule has 0 radical (unpaired) electrons. The number of halogens is 1. The van der Waals surface area contributed by atoms with Crippen molar-refractivity contribution in [1.82, 2.24) is 10.6 Å².